The third kappa shape index (κ3) is 3.21. The lowest BCUT2D eigenvalue weighted by molar-refractivity contribution is 0.0688. The van der Waals surface area contributed by atoms with Gasteiger partial charge in [-0.15, -0.1) is 0 Å². The fourth-order valence-electron chi connectivity index (χ4n) is 1.46. The van der Waals surface area contributed by atoms with Gasteiger partial charge in [0, 0.05) is 9.79 Å². The standard InChI is InChI=1S/C13H7Cl2FO2S/c14-8-5-4-7(6-9(8)15)19-11-3-1-2-10(16)12(11)13(17)18/h1-6H,(H,17,18). The lowest BCUT2D eigenvalue weighted by Crippen LogP contribution is -2.02. The number of aromatic carboxylic acids is 1. The Bertz CT molecular complexity index is 647. The van der Waals surface area contributed by atoms with Crippen molar-refractivity contribution in [1.82, 2.24) is 0 Å². The molecule has 0 aromatic heterocycles. The van der Waals surface area contributed by atoms with Crippen molar-refractivity contribution in [1.29, 1.82) is 0 Å². The molecule has 0 atom stereocenters. The Morgan fingerprint density at radius 1 is 1.16 bits per heavy atom. The van der Waals surface area contributed by atoms with Gasteiger partial charge in [-0.1, -0.05) is 41.0 Å². The van der Waals surface area contributed by atoms with Crippen molar-refractivity contribution >= 4 is 40.9 Å². The van der Waals surface area contributed by atoms with E-state index in [-0.39, 0.29) is 5.56 Å². The van der Waals surface area contributed by atoms with E-state index in [1.165, 1.54) is 6.07 Å². The second-order valence-corrected chi connectivity index (χ2v) is 5.53. The molecule has 0 bridgehead atoms. The van der Waals surface area contributed by atoms with Crippen LogP contribution in [-0.2, 0) is 0 Å². The molecule has 2 rings (SSSR count). The minimum absolute atomic E-state index is 0.311. The first-order chi connectivity index (χ1) is 8.99. The van der Waals surface area contributed by atoms with Gasteiger partial charge in [-0.25, -0.2) is 9.18 Å². The van der Waals surface area contributed by atoms with E-state index in [1.807, 2.05) is 0 Å². The van der Waals surface area contributed by atoms with E-state index in [9.17, 15) is 9.18 Å². The number of carboxylic acid groups (broad SMARTS) is 1. The zero-order valence-electron chi connectivity index (χ0n) is 9.36. The molecule has 0 spiro atoms. The normalized spacial score (nSPS) is 10.5. The van der Waals surface area contributed by atoms with Crippen LogP contribution >= 0.6 is 35.0 Å². The van der Waals surface area contributed by atoms with Crippen LogP contribution in [0.1, 0.15) is 10.4 Å². The van der Waals surface area contributed by atoms with Crippen LogP contribution in [0.15, 0.2) is 46.2 Å². The van der Waals surface area contributed by atoms with Gasteiger partial charge in [0.25, 0.3) is 0 Å². The van der Waals surface area contributed by atoms with Crippen molar-refractivity contribution < 1.29 is 14.3 Å². The van der Waals surface area contributed by atoms with Crippen LogP contribution in [0.4, 0.5) is 4.39 Å². The molecule has 0 aliphatic heterocycles. The molecule has 0 saturated carbocycles. The molecule has 0 unspecified atom stereocenters. The van der Waals surface area contributed by atoms with Crippen molar-refractivity contribution in [2.24, 2.45) is 0 Å². The highest BCUT2D eigenvalue weighted by molar-refractivity contribution is 7.99. The van der Waals surface area contributed by atoms with Gasteiger partial charge in [0.05, 0.1) is 10.0 Å². The number of rotatable bonds is 3. The molecule has 2 nitrogen and oxygen atoms in total. The lowest BCUT2D eigenvalue weighted by atomic mass is 10.2. The Kier molecular flexibility index (Phi) is 4.34. The van der Waals surface area contributed by atoms with Gasteiger partial charge in [-0.3, -0.25) is 0 Å². The third-order valence-corrected chi connectivity index (χ3v) is 4.10. The zero-order chi connectivity index (χ0) is 14.0. The highest BCUT2D eigenvalue weighted by Gasteiger charge is 2.16. The summed E-state index contributed by atoms with van der Waals surface area (Å²) in [6.45, 7) is 0. The van der Waals surface area contributed by atoms with Crippen molar-refractivity contribution in [2.75, 3.05) is 0 Å². The summed E-state index contributed by atoms with van der Waals surface area (Å²) >= 11 is 12.8. The summed E-state index contributed by atoms with van der Waals surface area (Å²) in [5.41, 5.74) is -0.349. The minimum Gasteiger partial charge on any atom is -0.478 e. The summed E-state index contributed by atoms with van der Waals surface area (Å²) in [6.07, 6.45) is 0. The fraction of sp³-hybridized carbons (Fsp3) is 0. The lowest BCUT2D eigenvalue weighted by Gasteiger charge is -2.07. The number of halogens is 3. The zero-order valence-corrected chi connectivity index (χ0v) is 11.7. The molecule has 1 N–H and O–H groups in total. The van der Waals surface area contributed by atoms with Crippen LogP contribution < -0.4 is 0 Å². The Morgan fingerprint density at radius 3 is 2.53 bits per heavy atom. The molecule has 0 aliphatic carbocycles. The molecule has 0 aliphatic rings. The van der Waals surface area contributed by atoms with Gasteiger partial charge >= 0.3 is 5.97 Å². The first-order valence-electron chi connectivity index (χ1n) is 5.13. The Hall–Kier alpha value is -1.23. The van der Waals surface area contributed by atoms with Crippen LogP contribution in [0.3, 0.4) is 0 Å². The molecule has 2 aromatic carbocycles. The predicted octanol–water partition coefficient (Wildman–Crippen LogP) is 4.98. The van der Waals surface area contributed by atoms with Crippen molar-refractivity contribution in [2.45, 2.75) is 9.79 Å². The number of carboxylic acids is 1. The summed E-state index contributed by atoms with van der Waals surface area (Å²) < 4.78 is 13.5. The minimum atomic E-state index is -1.30. The maximum atomic E-state index is 13.5. The first kappa shape index (κ1) is 14.2. The Morgan fingerprint density at radius 2 is 1.89 bits per heavy atom. The molecule has 0 saturated heterocycles. The average Bonchev–Trinajstić information content (AvgIpc) is 2.33. The first-order valence-corrected chi connectivity index (χ1v) is 6.71. The predicted molar refractivity (Wildman–Crippen MR) is 73.9 cm³/mol. The van der Waals surface area contributed by atoms with E-state index < -0.39 is 11.8 Å². The summed E-state index contributed by atoms with van der Waals surface area (Å²) in [5.74, 6) is -2.07. The highest BCUT2D eigenvalue weighted by atomic mass is 35.5. The molecule has 0 amide bonds. The van der Waals surface area contributed by atoms with Crippen LogP contribution in [0, 0.1) is 5.82 Å². The summed E-state index contributed by atoms with van der Waals surface area (Å²) in [5, 5.41) is 9.79. The van der Waals surface area contributed by atoms with E-state index in [1.54, 1.807) is 24.3 Å². The van der Waals surface area contributed by atoms with Crippen LogP contribution in [0.25, 0.3) is 0 Å². The second-order valence-electron chi connectivity index (χ2n) is 3.60. The molecule has 2 aromatic rings. The van der Waals surface area contributed by atoms with Gasteiger partial charge in [0.15, 0.2) is 0 Å². The van der Waals surface area contributed by atoms with E-state index in [0.29, 0.717) is 19.8 Å². The molecule has 0 radical (unpaired) electrons. The number of hydrogen-bond donors (Lipinski definition) is 1. The molecule has 19 heavy (non-hydrogen) atoms. The molecule has 0 heterocycles. The number of hydrogen-bond acceptors (Lipinski definition) is 2. The van der Waals surface area contributed by atoms with E-state index >= 15 is 0 Å². The molecular formula is C13H7Cl2FO2S. The van der Waals surface area contributed by atoms with Crippen LogP contribution in [0.5, 0.6) is 0 Å². The monoisotopic (exact) mass is 316 g/mol. The average molecular weight is 317 g/mol. The maximum absolute atomic E-state index is 13.5. The smallest absolute Gasteiger partial charge is 0.339 e. The third-order valence-electron chi connectivity index (χ3n) is 2.31. The van der Waals surface area contributed by atoms with Crippen molar-refractivity contribution in [3.63, 3.8) is 0 Å². The second kappa shape index (κ2) is 5.82. The topological polar surface area (TPSA) is 37.3 Å². The quantitative estimate of drug-likeness (QED) is 0.867. The molecule has 98 valence electrons. The van der Waals surface area contributed by atoms with Gasteiger partial charge < -0.3 is 5.11 Å². The Balaban J connectivity index is 2.40. The summed E-state index contributed by atoms with van der Waals surface area (Å²) in [4.78, 5) is 12.0. The van der Waals surface area contributed by atoms with Gasteiger partial charge in [-0.2, -0.15) is 0 Å². The highest BCUT2D eigenvalue weighted by Crippen LogP contribution is 2.34. The SMILES string of the molecule is O=C(O)c1c(F)cccc1Sc1ccc(Cl)c(Cl)c1. The molecule has 6 heteroatoms. The van der Waals surface area contributed by atoms with Gasteiger partial charge in [0.2, 0.25) is 0 Å². The molecule has 0 fully saturated rings. The van der Waals surface area contributed by atoms with Gasteiger partial charge in [-0.05, 0) is 30.3 Å². The molecular weight excluding hydrogens is 310 g/mol. The maximum Gasteiger partial charge on any atom is 0.339 e. The summed E-state index contributed by atoms with van der Waals surface area (Å²) in [7, 11) is 0. The fourth-order valence-corrected chi connectivity index (χ4v) is 2.83. The van der Waals surface area contributed by atoms with E-state index in [0.717, 1.165) is 17.8 Å². The van der Waals surface area contributed by atoms with Gasteiger partial charge in [0.1, 0.15) is 11.4 Å². The van der Waals surface area contributed by atoms with E-state index in [4.69, 9.17) is 28.3 Å². The largest absolute Gasteiger partial charge is 0.478 e. The number of carbonyl (C=O) groups is 1. The van der Waals surface area contributed by atoms with Crippen molar-refractivity contribution in [3.8, 4) is 0 Å². The number of benzene rings is 2. The van der Waals surface area contributed by atoms with Crippen LogP contribution in [-0.4, -0.2) is 11.1 Å². The van der Waals surface area contributed by atoms with Crippen LogP contribution in [0.2, 0.25) is 10.0 Å². The van der Waals surface area contributed by atoms with E-state index in [2.05, 4.69) is 0 Å². The van der Waals surface area contributed by atoms with Crippen molar-refractivity contribution in [3.05, 3.63) is 57.8 Å². The summed E-state index contributed by atoms with van der Waals surface area (Å²) in [6, 6.07) is 9.01. The Labute approximate surface area is 123 Å².